The number of carbonyl (C=O) groups excluding carboxylic acids is 1. The normalized spacial score (nSPS) is 68.3. The van der Waals surface area contributed by atoms with Crippen LogP contribution in [0.4, 0.5) is 0 Å². The van der Waals surface area contributed by atoms with Gasteiger partial charge in [-0.1, -0.05) is 6.42 Å². The predicted octanol–water partition coefficient (Wildman–Crippen LogP) is 1.52. The Kier molecular flexibility index (Phi) is 0.299. The van der Waals surface area contributed by atoms with Crippen molar-refractivity contribution >= 4 is 5.78 Å². The molecule has 0 bridgehead atoms. The van der Waals surface area contributed by atoms with Gasteiger partial charge in [-0.05, 0) is 12.7 Å². The van der Waals surface area contributed by atoms with E-state index >= 15 is 0 Å². The van der Waals surface area contributed by atoms with Crippen molar-refractivity contribution in [2.75, 3.05) is 0 Å². The molecular weight excluding hydrogens is 88.1 g/mol. The van der Waals surface area contributed by atoms with Gasteiger partial charge >= 0.3 is 0 Å². The molecular formula is C6H10O. The largest absolute Gasteiger partial charge is 0.300 e. The molecule has 0 heterocycles. The van der Waals surface area contributed by atoms with E-state index in [1.165, 1.54) is 0 Å². The molecule has 40 valence electrons. The van der Waals surface area contributed by atoms with Crippen LogP contribution in [0.1, 0.15) is 42.9 Å². The van der Waals surface area contributed by atoms with Crippen molar-refractivity contribution < 1.29 is 15.8 Å². The van der Waals surface area contributed by atoms with Crippen LogP contribution in [0.2, 0.25) is 0 Å². The van der Waals surface area contributed by atoms with Gasteiger partial charge in [-0.2, -0.15) is 0 Å². The maximum absolute atomic E-state index is 11.4. The molecule has 0 amide bonds. The zero-order valence-electron chi connectivity index (χ0n) is 11.6. The molecule has 7 heavy (non-hydrogen) atoms. The van der Waals surface area contributed by atoms with E-state index in [-0.39, 0.29) is 0 Å². The first-order chi connectivity index (χ1) is 6.36. The molecule has 1 aliphatic rings. The molecule has 0 radical (unpaired) electrons. The lowest BCUT2D eigenvalue weighted by molar-refractivity contribution is -0.120. The van der Waals surface area contributed by atoms with E-state index in [0.29, 0.717) is 0 Å². The van der Waals surface area contributed by atoms with Gasteiger partial charge in [-0.15, -0.1) is 0 Å². The lowest BCUT2D eigenvalue weighted by Gasteiger charge is -2.05. The van der Waals surface area contributed by atoms with E-state index in [1.54, 1.807) is 0 Å². The third-order valence-corrected chi connectivity index (χ3v) is 0.581. The van der Waals surface area contributed by atoms with Gasteiger partial charge in [0.15, 0.2) is 0 Å². The Bertz CT molecular complexity index is 278. The number of Topliss-reactive ketones (excluding diaryl/α,β-unsaturated/α-hetero) is 1. The first-order valence-electron chi connectivity index (χ1n) is 5.91. The van der Waals surface area contributed by atoms with Crippen LogP contribution in [-0.2, 0) is 4.79 Å². The summed E-state index contributed by atoms with van der Waals surface area (Å²) >= 11 is 0. The molecule has 1 nitrogen and oxygen atoms in total. The van der Waals surface area contributed by atoms with E-state index in [0.717, 1.165) is 0 Å². The van der Waals surface area contributed by atoms with Crippen LogP contribution in [0.15, 0.2) is 0 Å². The highest BCUT2D eigenvalue weighted by Crippen LogP contribution is 2.12. The second-order valence-electron chi connectivity index (χ2n) is 1.11. The zero-order chi connectivity index (χ0) is 12.3. The summed E-state index contributed by atoms with van der Waals surface area (Å²) in [6.45, 7) is 0. The molecule has 1 rings (SSSR count). The van der Waals surface area contributed by atoms with Crippen LogP contribution in [0.5, 0.6) is 0 Å². The summed E-state index contributed by atoms with van der Waals surface area (Å²) in [6.07, 6.45) is -12.4. The molecule has 0 aliphatic heterocycles. The van der Waals surface area contributed by atoms with Crippen LogP contribution in [0, 0.1) is 0 Å². The lowest BCUT2D eigenvalue weighted by Crippen LogP contribution is -2.02. The van der Waals surface area contributed by atoms with Gasteiger partial charge in [0.2, 0.25) is 0 Å². The Morgan fingerprint density at radius 2 is 2.00 bits per heavy atom. The fourth-order valence-electron chi connectivity index (χ4n) is 0.324. The number of hydrogen-bond donors (Lipinski definition) is 0. The molecule has 1 fully saturated rings. The van der Waals surface area contributed by atoms with Gasteiger partial charge in [0.1, 0.15) is 5.78 Å². The molecule has 0 aromatic carbocycles. The maximum Gasteiger partial charge on any atom is 0.132 e. The quantitative estimate of drug-likeness (QED) is 0.457. The monoisotopic (exact) mass is 106 g/mol. The molecule has 0 atom stereocenters. The zero-order valence-corrected chi connectivity index (χ0v) is 3.62. The van der Waals surface area contributed by atoms with E-state index in [1.807, 2.05) is 0 Å². The summed E-state index contributed by atoms with van der Waals surface area (Å²) in [6, 6.07) is 0. The minimum atomic E-state index is -3.00. The highest BCUT2D eigenvalue weighted by Gasteiger charge is 2.05. The molecule has 1 heteroatoms. The van der Waals surface area contributed by atoms with Crippen LogP contribution < -0.4 is 0 Å². The lowest BCUT2D eigenvalue weighted by atomic mass is 10.00. The van der Waals surface area contributed by atoms with Gasteiger partial charge in [0.25, 0.3) is 0 Å². The van der Waals surface area contributed by atoms with Gasteiger partial charge in [-0.3, -0.25) is 4.79 Å². The second kappa shape index (κ2) is 2.10. The maximum atomic E-state index is 11.4. The fourth-order valence-corrected chi connectivity index (χ4v) is 0.324. The minimum absolute atomic E-state index is 0.980. The average molecular weight is 106 g/mol. The molecule has 0 unspecified atom stereocenters. The van der Waals surface area contributed by atoms with Gasteiger partial charge in [0.05, 0.1) is 0 Å². The van der Waals surface area contributed by atoms with Crippen molar-refractivity contribution in [3.8, 4) is 0 Å². The molecule has 1 aliphatic carbocycles. The van der Waals surface area contributed by atoms with Crippen molar-refractivity contribution in [3.63, 3.8) is 0 Å². The second-order valence-corrected chi connectivity index (χ2v) is 1.11. The molecule has 0 aromatic rings. The van der Waals surface area contributed by atoms with E-state index in [4.69, 9.17) is 11.0 Å². The number of hydrogen-bond acceptors (Lipinski definition) is 1. The first-order valence-corrected chi connectivity index (χ1v) is 1.91. The molecule has 0 spiro atoms. The molecule has 0 saturated heterocycles. The SMILES string of the molecule is [2H]C1([2H])CC([2H])([2H])C([2H])([2H])C(=O)C1([2H])[2H]. The van der Waals surface area contributed by atoms with Crippen molar-refractivity contribution in [2.45, 2.75) is 31.9 Å². The fraction of sp³-hybridized carbons (Fsp3) is 0.833. The van der Waals surface area contributed by atoms with E-state index in [9.17, 15) is 4.79 Å². The summed E-state index contributed by atoms with van der Waals surface area (Å²) in [4.78, 5) is 11.4. The summed E-state index contributed by atoms with van der Waals surface area (Å²) < 4.78 is 57.8. The Hall–Kier alpha value is -0.330. The van der Waals surface area contributed by atoms with E-state index in [2.05, 4.69) is 0 Å². The highest BCUT2D eigenvalue weighted by atomic mass is 16.1. The summed E-state index contributed by atoms with van der Waals surface area (Å²) in [5, 5.41) is 0. The number of ketones is 1. The van der Waals surface area contributed by atoms with Gasteiger partial charge in [-0.25, -0.2) is 0 Å². The van der Waals surface area contributed by atoms with Crippen molar-refractivity contribution in [1.29, 1.82) is 0 Å². The van der Waals surface area contributed by atoms with Crippen LogP contribution >= 0.6 is 0 Å². The topological polar surface area (TPSA) is 17.1 Å². The standard InChI is InChI=1S/C6H10O/c7-6-4-2-1-3-5-6/h1-5H2/i2D2,3D2,4D2,5D2. The third kappa shape index (κ3) is 1.30. The third-order valence-electron chi connectivity index (χ3n) is 0.581. The minimum Gasteiger partial charge on any atom is -0.300 e. The van der Waals surface area contributed by atoms with E-state index < -0.39 is 37.7 Å². The van der Waals surface area contributed by atoms with Gasteiger partial charge < -0.3 is 0 Å². The van der Waals surface area contributed by atoms with Crippen LogP contribution in [0.3, 0.4) is 0 Å². The Balaban J connectivity index is 3.31. The van der Waals surface area contributed by atoms with Crippen LogP contribution in [-0.4, -0.2) is 5.78 Å². The van der Waals surface area contributed by atoms with Crippen molar-refractivity contribution in [3.05, 3.63) is 0 Å². The Labute approximate surface area is 55.0 Å². The average Bonchev–Trinajstić information content (AvgIpc) is 1.98. The molecule has 0 aromatic heterocycles. The Morgan fingerprint density at radius 3 is 2.57 bits per heavy atom. The van der Waals surface area contributed by atoms with Crippen LogP contribution in [0.25, 0.3) is 0 Å². The molecule has 1 saturated carbocycles. The predicted molar refractivity (Wildman–Crippen MR) is 28.1 cm³/mol. The summed E-state index contributed by atoms with van der Waals surface area (Å²) in [5.74, 6) is -1.67. The summed E-state index contributed by atoms with van der Waals surface area (Å²) in [7, 11) is 0. The number of carbonyl (C=O) groups is 1. The van der Waals surface area contributed by atoms with Gasteiger partial charge in [0, 0.05) is 23.7 Å². The highest BCUT2D eigenvalue weighted by molar-refractivity contribution is 5.78. The van der Waals surface area contributed by atoms with Crippen molar-refractivity contribution in [1.82, 2.24) is 0 Å². The molecule has 0 N–H and O–H groups in total. The Morgan fingerprint density at radius 1 is 1.43 bits per heavy atom. The summed E-state index contributed by atoms with van der Waals surface area (Å²) in [5.41, 5.74) is 0. The first kappa shape index (κ1) is 0.996. The smallest absolute Gasteiger partial charge is 0.132 e. The van der Waals surface area contributed by atoms with Crippen molar-refractivity contribution in [2.24, 2.45) is 0 Å². The number of rotatable bonds is 0.